The first kappa shape index (κ1) is 23.2. The highest BCUT2D eigenvalue weighted by molar-refractivity contribution is 5.85. The van der Waals surface area contributed by atoms with Crippen molar-refractivity contribution in [1.29, 1.82) is 0 Å². The van der Waals surface area contributed by atoms with Crippen molar-refractivity contribution in [3.63, 3.8) is 0 Å². The lowest BCUT2D eigenvalue weighted by atomic mass is 10.2. The van der Waals surface area contributed by atoms with Crippen molar-refractivity contribution in [3.05, 3.63) is 0 Å². The molecule has 2 unspecified atom stereocenters. The minimum Gasteiger partial charge on any atom is -0.550 e. The lowest BCUT2D eigenvalue weighted by molar-refractivity contribution is -0.873. The highest BCUT2D eigenvalue weighted by Gasteiger charge is 2.14. The van der Waals surface area contributed by atoms with Gasteiger partial charge in [-0.2, -0.15) is 0 Å². The number of likely N-dealkylation sites (N-methyl/N-ethyl adjacent to an activating group) is 1. The topological polar surface area (TPSA) is 144 Å². The van der Waals surface area contributed by atoms with Crippen molar-refractivity contribution in [1.82, 2.24) is 0 Å². The summed E-state index contributed by atoms with van der Waals surface area (Å²) in [6.45, 7) is -0.0800. The number of aliphatic carboxylic acids is 2. The summed E-state index contributed by atoms with van der Waals surface area (Å²) in [6, 6.07) is -1.13. The van der Waals surface area contributed by atoms with Gasteiger partial charge in [-0.25, -0.2) is 0 Å². The van der Waals surface area contributed by atoms with Gasteiger partial charge in [0.1, 0.15) is 18.7 Å². The molecule has 0 aromatic rings. The summed E-state index contributed by atoms with van der Waals surface area (Å²) in [5.41, 5.74) is 4.77. The molecule has 8 nitrogen and oxygen atoms in total. The van der Waals surface area contributed by atoms with Crippen molar-refractivity contribution in [2.24, 2.45) is 5.73 Å². The third-order valence-corrected chi connectivity index (χ3v) is 1.67. The predicted octanol–water partition coefficient (Wildman–Crippen LogP) is -2.99. The van der Waals surface area contributed by atoms with Crippen LogP contribution in [0, 0.1) is 0 Å². The first-order chi connectivity index (χ1) is 7.99. The van der Waals surface area contributed by atoms with E-state index in [0.29, 0.717) is 11.0 Å². The Morgan fingerprint density at radius 3 is 1.89 bits per heavy atom. The lowest BCUT2D eigenvalue weighted by Gasteiger charge is -2.26. The van der Waals surface area contributed by atoms with Gasteiger partial charge in [-0.1, -0.05) is 0 Å². The van der Waals surface area contributed by atoms with Crippen molar-refractivity contribution in [2.45, 2.75) is 18.6 Å². The van der Waals surface area contributed by atoms with Crippen LogP contribution < -0.4 is 10.8 Å². The zero-order valence-corrected chi connectivity index (χ0v) is 12.1. The number of hydrogen-bond donors (Lipinski definition) is 4. The molecular formula is C10H23ClN2O6. The minimum atomic E-state index is -1.20. The second-order valence-electron chi connectivity index (χ2n) is 4.83. The molecule has 116 valence electrons. The molecule has 0 heterocycles. The van der Waals surface area contributed by atoms with E-state index in [2.05, 4.69) is 0 Å². The molecule has 0 fully saturated rings. The number of nitrogens with zero attached hydrogens (tertiary/aromatic N) is 1. The minimum absolute atomic E-state index is 0. The molecule has 0 aromatic heterocycles. The summed E-state index contributed by atoms with van der Waals surface area (Å²) in [4.78, 5) is 19.7. The number of nitrogens with two attached hydrogens (primary N) is 1. The van der Waals surface area contributed by atoms with E-state index in [4.69, 9.17) is 21.1 Å². The first-order valence-corrected chi connectivity index (χ1v) is 5.27. The van der Waals surface area contributed by atoms with Gasteiger partial charge in [0, 0.05) is 12.4 Å². The standard InChI is InChI=1S/C7H15NO3.C3H7NO3.ClH/c1-8(2,3)5-6(9)4-7(10)11;4-2(1-5)3(6)7;/h6,9H,4-5H2,1-3H3;2,5H,1,4H2,(H,6,7);1H. The van der Waals surface area contributed by atoms with E-state index < -0.39 is 30.7 Å². The Balaban J connectivity index is -0.000000280. The summed E-state index contributed by atoms with van der Waals surface area (Å²) in [5.74, 6) is -2.38. The van der Waals surface area contributed by atoms with Crippen LogP contribution in [0.2, 0.25) is 0 Å². The number of carboxylic acid groups (broad SMARTS) is 2. The number of quaternary nitrogens is 1. The van der Waals surface area contributed by atoms with Gasteiger partial charge in [-0.15, -0.1) is 12.4 Å². The molecule has 2 atom stereocenters. The summed E-state index contributed by atoms with van der Waals surface area (Å²) in [7, 11) is 5.66. The van der Waals surface area contributed by atoms with Crippen LogP contribution in [0.15, 0.2) is 0 Å². The second-order valence-corrected chi connectivity index (χ2v) is 4.83. The number of aliphatic hydroxyl groups is 2. The SMILES string of the molecule is C[N+](C)(C)CC(O)CC(=O)[O-].Cl.NC(CO)C(=O)O. The van der Waals surface area contributed by atoms with Crippen LogP contribution in [-0.4, -0.2) is 78.2 Å². The van der Waals surface area contributed by atoms with E-state index in [1.54, 1.807) is 0 Å². The molecule has 0 aliphatic rings. The number of carbonyl (C=O) groups excluding carboxylic acids is 1. The van der Waals surface area contributed by atoms with Crippen LogP contribution in [0.5, 0.6) is 0 Å². The van der Waals surface area contributed by atoms with Crippen LogP contribution in [0.25, 0.3) is 0 Å². The number of carbonyl (C=O) groups is 2. The van der Waals surface area contributed by atoms with E-state index in [-0.39, 0.29) is 18.8 Å². The molecule has 0 amide bonds. The average molecular weight is 303 g/mol. The molecule has 19 heavy (non-hydrogen) atoms. The van der Waals surface area contributed by atoms with Gasteiger partial charge in [-0.05, 0) is 0 Å². The quantitative estimate of drug-likeness (QED) is 0.383. The zero-order valence-electron chi connectivity index (χ0n) is 11.3. The summed E-state index contributed by atoms with van der Waals surface area (Å²) < 4.78 is 0.550. The van der Waals surface area contributed by atoms with Crippen molar-refractivity contribution in [2.75, 3.05) is 34.3 Å². The molecule has 0 radical (unpaired) electrons. The van der Waals surface area contributed by atoms with E-state index >= 15 is 0 Å². The summed E-state index contributed by atoms with van der Waals surface area (Å²) in [5, 5.41) is 35.0. The van der Waals surface area contributed by atoms with Gasteiger partial charge in [0.15, 0.2) is 0 Å². The fourth-order valence-corrected chi connectivity index (χ4v) is 0.967. The van der Waals surface area contributed by atoms with Gasteiger partial charge in [0.25, 0.3) is 0 Å². The summed E-state index contributed by atoms with van der Waals surface area (Å²) >= 11 is 0. The van der Waals surface area contributed by atoms with Crippen LogP contribution in [0.4, 0.5) is 0 Å². The smallest absolute Gasteiger partial charge is 0.322 e. The van der Waals surface area contributed by atoms with Crippen molar-refractivity contribution in [3.8, 4) is 0 Å². The largest absolute Gasteiger partial charge is 0.550 e. The lowest BCUT2D eigenvalue weighted by Crippen LogP contribution is -2.43. The molecule has 0 aliphatic carbocycles. The van der Waals surface area contributed by atoms with Gasteiger partial charge < -0.3 is 35.4 Å². The molecule has 9 heteroatoms. The van der Waals surface area contributed by atoms with E-state index in [1.807, 2.05) is 21.1 Å². The zero-order chi connectivity index (χ0) is 14.9. The van der Waals surface area contributed by atoms with Crippen LogP contribution in [0.3, 0.4) is 0 Å². The Morgan fingerprint density at radius 2 is 1.74 bits per heavy atom. The molecule has 0 spiro atoms. The number of halogens is 1. The number of aliphatic hydroxyl groups excluding tert-OH is 2. The third-order valence-electron chi connectivity index (χ3n) is 1.67. The van der Waals surface area contributed by atoms with E-state index in [0.717, 1.165) is 0 Å². The maximum atomic E-state index is 10.0. The first-order valence-electron chi connectivity index (χ1n) is 5.27. The predicted molar refractivity (Wildman–Crippen MR) is 68.5 cm³/mol. The van der Waals surface area contributed by atoms with Gasteiger partial charge in [0.2, 0.25) is 0 Å². The molecule has 0 saturated heterocycles. The Hall–Kier alpha value is -0.930. The maximum Gasteiger partial charge on any atom is 0.322 e. The normalized spacial score (nSPS) is 13.4. The maximum absolute atomic E-state index is 10.0. The van der Waals surface area contributed by atoms with E-state index in [9.17, 15) is 14.7 Å². The van der Waals surface area contributed by atoms with Gasteiger partial charge >= 0.3 is 5.97 Å². The highest BCUT2D eigenvalue weighted by Crippen LogP contribution is 1.97. The molecule has 0 rings (SSSR count). The second kappa shape index (κ2) is 10.9. The monoisotopic (exact) mass is 302 g/mol. The highest BCUT2D eigenvalue weighted by atomic mass is 35.5. The van der Waals surface area contributed by atoms with Crippen LogP contribution in [0.1, 0.15) is 6.42 Å². The fourth-order valence-electron chi connectivity index (χ4n) is 0.967. The van der Waals surface area contributed by atoms with Crippen LogP contribution in [-0.2, 0) is 9.59 Å². The molecule has 0 aliphatic heterocycles. The molecule has 0 bridgehead atoms. The Morgan fingerprint density at radius 1 is 1.32 bits per heavy atom. The molecule has 0 aromatic carbocycles. The average Bonchev–Trinajstić information content (AvgIpc) is 2.12. The Bertz CT molecular complexity index is 269. The molecular weight excluding hydrogens is 280 g/mol. The van der Waals surface area contributed by atoms with E-state index in [1.165, 1.54) is 0 Å². The third kappa shape index (κ3) is 19.6. The van der Waals surface area contributed by atoms with Crippen molar-refractivity contribution < 1.29 is 34.5 Å². The Labute approximate surface area is 118 Å². The van der Waals surface area contributed by atoms with Crippen molar-refractivity contribution >= 4 is 24.3 Å². The van der Waals surface area contributed by atoms with Gasteiger partial charge in [0.05, 0.1) is 27.7 Å². The number of carboxylic acids is 2. The number of rotatable bonds is 6. The Kier molecular flexibility index (Phi) is 13.4. The summed E-state index contributed by atoms with van der Waals surface area (Å²) in [6.07, 6.45) is -1.09. The molecule has 5 N–H and O–H groups in total. The van der Waals surface area contributed by atoms with Crippen LogP contribution >= 0.6 is 12.4 Å². The molecule has 0 saturated carbocycles. The van der Waals surface area contributed by atoms with Gasteiger partial charge in [-0.3, -0.25) is 4.79 Å². The number of hydrogen-bond acceptors (Lipinski definition) is 6. The fraction of sp³-hybridized carbons (Fsp3) is 0.800.